The molecule has 5 nitrogen and oxygen atoms in total. The molecule has 0 aromatic heterocycles. The number of rotatable bonds is 7. The molecule has 2 aromatic rings. The Kier molecular flexibility index (Phi) is 10.8. The van der Waals surface area contributed by atoms with Gasteiger partial charge in [0.05, 0.1) is 6.54 Å². The number of hydrogen-bond donors (Lipinski definition) is 2. The molecule has 2 aromatic carbocycles. The zero-order chi connectivity index (χ0) is 18.8. The molecule has 0 heterocycles. The summed E-state index contributed by atoms with van der Waals surface area (Å²) >= 11 is 6.02. The molecular formula is C20H26ClIN4O. The van der Waals surface area contributed by atoms with Gasteiger partial charge in [-0.15, -0.1) is 24.0 Å². The van der Waals surface area contributed by atoms with Gasteiger partial charge in [0.1, 0.15) is 0 Å². The van der Waals surface area contributed by atoms with Gasteiger partial charge in [-0.05, 0) is 29.7 Å². The normalized spacial score (nSPS) is 10.7. The summed E-state index contributed by atoms with van der Waals surface area (Å²) in [5, 5.41) is 6.70. The van der Waals surface area contributed by atoms with Gasteiger partial charge in [0.15, 0.2) is 5.96 Å². The second kappa shape index (κ2) is 12.6. The molecule has 0 aliphatic rings. The van der Waals surface area contributed by atoms with E-state index >= 15 is 0 Å². The van der Waals surface area contributed by atoms with E-state index in [1.54, 1.807) is 7.05 Å². The number of carbonyl (C=O) groups excluding carboxylic acids is 1. The summed E-state index contributed by atoms with van der Waals surface area (Å²) in [7, 11) is 3.62. The van der Waals surface area contributed by atoms with Gasteiger partial charge < -0.3 is 15.5 Å². The topological polar surface area (TPSA) is 56.7 Å². The van der Waals surface area contributed by atoms with Gasteiger partial charge in [0.2, 0.25) is 5.91 Å². The Bertz CT molecular complexity index is 740. The molecule has 0 radical (unpaired) electrons. The summed E-state index contributed by atoms with van der Waals surface area (Å²) in [5.74, 6) is 0.599. The maximum Gasteiger partial charge on any atom is 0.239 e. The first-order valence-corrected chi connectivity index (χ1v) is 8.93. The SMILES string of the molecule is CN=C(NCC(=O)NCCc1ccccc1)N(C)Cc1cccc(Cl)c1.I. The molecule has 0 saturated heterocycles. The van der Waals surface area contributed by atoms with E-state index in [0.717, 1.165) is 12.0 Å². The van der Waals surface area contributed by atoms with Crippen LogP contribution in [-0.2, 0) is 17.8 Å². The van der Waals surface area contributed by atoms with Crippen LogP contribution >= 0.6 is 35.6 Å². The lowest BCUT2D eigenvalue weighted by Crippen LogP contribution is -2.44. The van der Waals surface area contributed by atoms with Crippen LogP contribution in [-0.4, -0.2) is 44.0 Å². The highest BCUT2D eigenvalue weighted by Crippen LogP contribution is 2.12. The van der Waals surface area contributed by atoms with Crippen molar-refractivity contribution in [1.82, 2.24) is 15.5 Å². The maximum atomic E-state index is 12.0. The molecule has 7 heteroatoms. The number of nitrogens with one attached hydrogen (secondary N) is 2. The summed E-state index contributed by atoms with van der Waals surface area (Å²) in [4.78, 5) is 18.2. The van der Waals surface area contributed by atoms with E-state index in [4.69, 9.17) is 11.6 Å². The summed E-state index contributed by atoms with van der Waals surface area (Å²) in [6, 6.07) is 17.8. The van der Waals surface area contributed by atoms with E-state index in [-0.39, 0.29) is 36.4 Å². The number of amides is 1. The number of guanidine groups is 1. The highest BCUT2D eigenvalue weighted by Gasteiger charge is 2.09. The molecule has 0 aliphatic heterocycles. The summed E-state index contributed by atoms with van der Waals surface area (Å²) in [6.07, 6.45) is 0.815. The molecule has 0 saturated carbocycles. The molecule has 0 aliphatic carbocycles. The molecule has 1 amide bonds. The van der Waals surface area contributed by atoms with Crippen molar-refractivity contribution in [2.75, 3.05) is 27.2 Å². The highest BCUT2D eigenvalue weighted by molar-refractivity contribution is 14.0. The second-order valence-corrected chi connectivity index (χ2v) is 6.41. The maximum absolute atomic E-state index is 12.0. The van der Waals surface area contributed by atoms with Crippen molar-refractivity contribution in [3.8, 4) is 0 Å². The Morgan fingerprint density at radius 3 is 2.44 bits per heavy atom. The van der Waals surface area contributed by atoms with Gasteiger partial charge in [0.25, 0.3) is 0 Å². The van der Waals surface area contributed by atoms with Crippen LogP contribution in [0.2, 0.25) is 5.02 Å². The molecule has 146 valence electrons. The summed E-state index contributed by atoms with van der Waals surface area (Å²) in [6.45, 7) is 1.44. The monoisotopic (exact) mass is 500 g/mol. The Morgan fingerprint density at radius 2 is 1.78 bits per heavy atom. The van der Waals surface area contributed by atoms with Crippen molar-refractivity contribution in [3.63, 3.8) is 0 Å². The predicted molar refractivity (Wildman–Crippen MR) is 123 cm³/mol. The average molecular weight is 501 g/mol. The van der Waals surface area contributed by atoms with E-state index in [1.165, 1.54) is 5.56 Å². The van der Waals surface area contributed by atoms with Crippen LogP contribution in [0, 0.1) is 0 Å². The third-order valence-electron chi connectivity index (χ3n) is 3.87. The van der Waals surface area contributed by atoms with Crippen LogP contribution in [0.1, 0.15) is 11.1 Å². The first kappa shape index (κ1) is 23.2. The van der Waals surface area contributed by atoms with Crippen molar-refractivity contribution in [2.45, 2.75) is 13.0 Å². The van der Waals surface area contributed by atoms with Gasteiger partial charge in [-0.2, -0.15) is 0 Å². The van der Waals surface area contributed by atoms with Crippen LogP contribution in [0.4, 0.5) is 0 Å². The zero-order valence-electron chi connectivity index (χ0n) is 15.6. The quantitative estimate of drug-likeness (QED) is 0.348. The predicted octanol–water partition coefficient (Wildman–Crippen LogP) is 3.32. The lowest BCUT2D eigenvalue weighted by Gasteiger charge is -2.22. The van der Waals surface area contributed by atoms with Gasteiger partial charge in [0, 0.05) is 32.2 Å². The largest absolute Gasteiger partial charge is 0.354 e. The minimum absolute atomic E-state index is 0. The molecule has 0 atom stereocenters. The van der Waals surface area contributed by atoms with Crippen molar-refractivity contribution in [3.05, 3.63) is 70.7 Å². The highest BCUT2D eigenvalue weighted by atomic mass is 127. The smallest absolute Gasteiger partial charge is 0.239 e. The fraction of sp³-hybridized carbons (Fsp3) is 0.300. The molecular weight excluding hydrogens is 475 g/mol. The third kappa shape index (κ3) is 8.62. The molecule has 0 fully saturated rings. The van der Waals surface area contributed by atoms with E-state index < -0.39 is 0 Å². The van der Waals surface area contributed by atoms with Crippen LogP contribution in [0.5, 0.6) is 0 Å². The number of hydrogen-bond acceptors (Lipinski definition) is 2. The van der Waals surface area contributed by atoms with Crippen LogP contribution in [0.3, 0.4) is 0 Å². The average Bonchev–Trinajstić information content (AvgIpc) is 2.63. The zero-order valence-corrected chi connectivity index (χ0v) is 18.7. The minimum Gasteiger partial charge on any atom is -0.354 e. The van der Waals surface area contributed by atoms with Gasteiger partial charge in [-0.25, -0.2) is 0 Å². The van der Waals surface area contributed by atoms with E-state index in [2.05, 4.69) is 27.8 Å². The van der Waals surface area contributed by atoms with Gasteiger partial charge >= 0.3 is 0 Å². The summed E-state index contributed by atoms with van der Waals surface area (Å²) in [5.41, 5.74) is 2.29. The number of carbonyl (C=O) groups is 1. The van der Waals surface area contributed by atoms with Gasteiger partial charge in [-0.1, -0.05) is 54.1 Å². The van der Waals surface area contributed by atoms with Crippen LogP contribution < -0.4 is 10.6 Å². The molecule has 0 bridgehead atoms. The molecule has 0 unspecified atom stereocenters. The number of nitrogens with zero attached hydrogens (tertiary/aromatic N) is 2. The molecule has 27 heavy (non-hydrogen) atoms. The number of benzene rings is 2. The Labute approximate surface area is 183 Å². The first-order valence-electron chi connectivity index (χ1n) is 8.55. The Hall–Kier alpha value is -1.80. The standard InChI is InChI=1S/C20H25ClN4O.HI/c1-22-20(25(2)15-17-9-6-10-18(21)13-17)24-14-19(26)23-12-11-16-7-4-3-5-8-16;/h3-10,13H,11-12,14-15H2,1-2H3,(H,22,24)(H,23,26);1H. The van der Waals surface area contributed by atoms with Crippen LogP contribution in [0.25, 0.3) is 0 Å². The van der Waals surface area contributed by atoms with Crippen molar-refractivity contribution in [2.24, 2.45) is 4.99 Å². The van der Waals surface area contributed by atoms with Gasteiger partial charge in [-0.3, -0.25) is 9.79 Å². The minimum atomic E-state index is -0.0572. The van der Waals surface area contributed by atoms with Crippen molar-refractivity contribution >= 4 is 47.4 Å². The molecule has 2 N–H and O–H groups in total. The fourth-order valence-electron chi connectivity index (χ4n) is 2.58. The van der Waals surface area contributed by atoms with E-state index in [0.29, 0.717) is 24.1 Å². The lowest BCUT2D eigenvalue weighted by molar-refractivity contribution is -0.120. The summed E-state index contributed by atoms with van der Waals surface area (Å²) < 4.78 is 0. The number of halogens is 2. The van der Waals surface area contributed by atoms with Crippen LogP contribution in [0.15, 0.2) is 59.6 Å². The molecule has 2 rings (SSSR count). The fourth-order valence-corrected chi connectivity index (χ4v) is 2.79. The second-order valence-electron chi connectivity index (χ2n) is 5.97. The van der Waals surface area contributed by atoms with E-state index in [1.807, 2.05) is 54.4 Å². The van der Waals surface area contributed by atoms with E-state index in [9.17, 15) is 4.79 Å². The van der Waals surface area contributed by atoms with Crippen molar-refractivity contribution in [1.29, 1.82) is 0 Å². The molecule has 0 spiro atoms. The Morgan fingerprint density at radius 1 is 1.07 bits per heavy atom. The number of aliphatic imine (C=N–C) groups is 1. The Balaban J connectivity index is 0.00000364. The third-order valence-corrected chi connectivity index (χ3v) is 4.10. The first-order chi connectivity index (χ1) is 12.6. The lowest BCUT2D eigenvalue weighted by atomic mass is 10.1. The van der Waals surface area contributed by atoms with Crippen molar-refractivity contribution < 1.29 is 4.79 Å².